The lowest BCUT2D eigenvalue weighted by atomic mass is 9.75. The highest BCUT2D eigenvalue weighted by Crippen LogP contribution is 2.51. The molecule has 3 aliphatic heterocycles. The van der Waals surface area contributed by atoms with Gasteiger partial charge in [-0.2, -0.15) is 0 Å². The van der Waals surface area contributed by atoms with Gasteiger partial charge in [0.2, 0.25) is 0 Å². The molecule has 0 spiro atoms. The molecule has 7 rings (SSSR count). The Bertz CT molecular complexity index is 1740. The minimum atomic E-state index is -1.23. The Labute approximate surface area is 278 Å². The molecule has 0 amide bonds. The fourth-order valence-electron chi connectivity index (χ4n) is 7.46. The number of cyclic esters (lactones) is 1. The molecule has 0 aromatic heterocycles. The third-order valence-electron chi connectivity index (χ3n) is 9.97. The number of carbonyl (C=O) groups excluding carboxylic acids is 1. The summed E-state index contributed by atoms with van der Waals surface area (Å²) in [6.45, 7) is 8.72. The predicted octanol–water partition coefficient (Wildman–Crippen LogP) is 8.06. The number of esters is 1. The number of nitrogens with zero attached hydrogens (tertiary/aromatic N) is 3. The molecule has 1 unspecified atom stereocenters. The maximum Gasteiger partial charge on any atom is 0.340 e. The molecule has 0 aliphatic carbocycles. The number of benzene rings is 4. The number of fused-ring (bicyclic) bond motifs is 1. The number of anilines is 3. The van der Waals surface area contributed by atoms with Crippen LogP contribution in [0.1, 0.15) is 58.3 Å². The summed E-state index contributed by atoms with van der Waals surface area (Å²) in [5.74, 6) is 0.378. The van der Waals surface area contributed by atoms with Crippen LogP contribution in [0.25, 0.3) is 5.57 Å². The summed E-state index contributed by atoms with van der Waals surface area (Å²) in [5, 5.41) is 0. The van der Waals surface area contributed by atoms with Gasteiger partial charge in [0.25, 0.3) is 0 Å². The number of hydrogen-bond acceptors (Lipinski definition) is 6. The number of ether oxygens (including phenoxy) is 2. The fraction of sp³-hybridized carbons (Fsp3) is 0.293. The highest BCUT2D eigenvalue weighted by Gasteiger charge is 2.50. The summed E-state index contributed by atoms with van der Waals surface area (Å²) in [5.41, 5.74) is 8.23. The van der Waals surface area contributed by atoms with Crippen molar-refractivity contribution in [3.8, 4) is 5.75 Å². The molecule has 6 nitrogen and oxygen atoms in total. The van der Waals surface area contributed by atoms with Crippen molar-refractivity contribution in [3.63, 3.8) is 0 Å². The van der Waals surface area contributed by atoms with Crippen molar-refractivity contribution in [2.75, 3.05) is 62.1 Å². The molecule has 0 bridgehead atoms. The van der Waals surface area contributed by atoms with Crippen molar-refractivity contribution in [1.29, 1.82) is 0 Å². The van der Waals surface area contributed by atoms with E-state index in [1.165, 1.54) is 37.1 Å². The zero-order valence-corrected chi connectivity index (χ0v) is 27.7. The number of carbonyl (C=O) groups is 1. The van der Waals surface area contributed by atoms with E-state index >= 15 is 0 Å². The Morgan fingerprint density at radius 1 is 0.787 bits per heavy atom. The summed E-state index contributed by atoms with van der Waals surface area (Å²) in [6, 6.07) is 31.5. The Morgan fingerprint density at radius 2 is 1.32 bits per heavy atom. The van der Waals surface area contributed by atoms with E-state index in [1.807, 2.05) is 61.5 Å². The molecule has 0 radical (unpaired) electrons. The Morgan fingerprint density at radius 3 is 1.79 bits per heavy atom. The lowest BCUT2D eigenvalue weighted by Gasteiger charge is -2.34. The van der Waals surface area contributed by atoms with Gasteiger partial charge in [-0.05, 0) is 90.9 Å². The third kappa shape index (κ3) is 5.46. The van der Waals surface area contributed by atoms with Gasteiger partial charge in [0.05, 0.1) is 12.7 Å². The first-order valence-corrected chi connectivity index (χ1v) is 16.7. The average Bonchev–Trinajstić information content (AvgIpc) is 3.90. The second kappa shape index (κ2) is 12.7. The van der Waals surface area contributed by atoms with Gasteiger partial charge in [-0.3, -0.25) is 0 Å². The Balaban J connectivity index is 1.48. The topological polar surface area (TPSA) is 45.3 Å². The normalized spacial score (nSPS) is 18.6. The van der Waals surface area contributed by atoms with E-state index in [4.69, 9.17) is 9.47 Å². The van der Waals surface area contributed by atoms with Gasteiger partial charge in [-0.25, -0.2) is 4.79 Å². The highest BCUT2D eigenvalue weighted by molar-refractivity contribution is 5.99. The smallest absolute Gasteiger partial charge is 0.340 e. The van der Waals surface area contributed by atoms with Crippen molar-refractivity contribution < 1.29 is 14.3 Å². The molecule has 0 N–H and O–H groups in total. The standard InChI is InChI=1S/C41H43N3O3/c1-5-37(41(31-14-21-35(46-4)22-15-31)38-23-20-34(42(2)3)28-36(38)40(45)47-41)39(29-10-16-32(17-11-29)43-24-6-7-25-43)30-12-18-33(19-13-30)44-26-8-9-27-44/h5,10-23,28H,1,6-9,24-27H2,2-4H3. The van der Waals surface area contributed by atoms with Crippen LogP contribution in [0.15, 0.2) is 109 Å². The van der Waals surface area contributed by atoms with E-state index in [0.717, 1.165) is 71.0 Å². The van der Waals surface area contributed by atoms with E-state index in [0.29, 0.717) is 5.56 Å². The monoisotopic (exact) mass is 625 g/mol. The zero-order valence-electron chi connectivity index (χ0n) is 27.7. The van der Waals surface area contributed by atoms with Crippen molar-refractivity contribution in [2.45, 2.75) is 31.3 Å². The van der Waals surface area contributed by atoms with E-state index in [9.17, 15) is 4.79 Å². The van der Waals surface area contributed by atoms with Gasteiger partial charge in [0.1, 0.15) is 5.75 Å². The van der Waals surface area contributed by atoms with Crippen LogP contribution in [0.5, 0.6) is 5.75 Å². The van der Waals surface area contributed by atoms with Crippen molar-refractivity contribution in [2.24, 2.45) is 0 Å². The lowest BCUT2D eigenvalue weighted by molar-refractivity contribution is 0.0251. The molecule has 47 heavy (non-hydrogen) atoms. The fourth-order valence-corrected chi connectivity index (χ4v) is 7.46. The van der Waals surface area contributed by atoms with Gasteiger partial charge >= 0.3 is 5.97 Å². The van der Waals surface area contributed by atoms with Crippen LogP contribution in [0, 0.1) is 0 Å². The molecule has 6 heteroatoms. The predicted molar refractivity (Wildman–Crippen MR) is 192 cm³/mol. The zero-order chi connectivity index (χ0) is 32.5. The van der Waals surface area contributed by atoms with E-state index in [2.05, 4.69) is 71.0 Å². The van der Waals surface area contributed by atoms with E-state index in [1.54, 1.807) is 7.11 Å². The quantitative estimate of drug-likeness (QED) is 0.139. The molecule has 3 heterocycles. The highest BCUT2D eigenvalue weighted by atomic mass is 16.6. The van der Waals surface area contributed by atoms with Crippen LogP contribution < -0.4 is 19.4 Å². The van der Waals surface area contributed by atoms with E-state index in [-0.39, 0.29) is 5.97 Å². The van der Waals surface area contributed by atoms with Gasteiger partial charge < -0.3 is 24.2 Å². The third-order valence-corrected chi connectivity index (χ3v) is 9.97. The first-order valence-electron chi connectivity index (χ1n) is 16.7. The van der Waals surface area contributed by atoms with Gasteiger partial charge in [-0.1, -0.05) is 55.1 Å². The van der Waals surface area contributed by atoms with Crippen LogP contribution in [0.2, 0.25) is 0 Å². The molecule has 4 aromatic carbocycles. The molecule has 3 aliphatic rings. The van der Waals surface area contributed by atoms with Gasteiger partial charge in [0.15, 0.2) is 5.60 Å². The van der Waals surface area contributed by atoms with E-state index < -0.39 is 5.60 Å². The Hall–Kier alpha value is -4.97. The summed E-state index contributed by atoms with van der Waals surface area (Å²) in [6.07, 6.45) is 6.77. The maximum absolute atomic E-state index is 13.9. The SMILES string of the molecule is C=CC(=C(c1ccc(N2CCCC2)cc1)c1ccc(N2CCCC2)cc1)C1(c2ccc(OC)cc2)OC(=O)c2cc(N(C)C)ccc21. The second-order valence-electron chi connectivity index (χ2n) is 12.9. The summed E-state index contributed by atoms with van der Waals surface area (Å²) in [7, 11) is 5.61. The minimum absolute atomic E-state index is 0.355. The van der Waals surface area contributed by atoms with Crippen LogP contribution in [-0.4, -0.2) is 53.4 Å². The second-order valence-corrected chi connectivity index (χ2v) is 12.9. The molecule has 2 saturated heterocycles. The van der Waals surface area contributed by atoms with Crippen molar-refractivity contribution in [1.82, 2.24) is 0 Å². The van der Waals surface area contributed by atoms with Gasteiger partial charge in [-0.15, -0.1) is 0 Å². The van der Waals surface area contributed by atoms with Crippen LogP contribution >= 0.6 is 0 Å². The molecule has 2 fully saturated rings. The number of hydrogen-bond donors (Lipinski definition) is 0. The first-order chi connectivity index (χ1) is 22.9. The maximum atomic E-state index is 13.9. The largest absolute Gasteiger partial charge is 0.497 e. The van der Waals surface area contributed by atoms with Crippen LogP contribution in [-0.2, 0) is 10.3 Å². The van der Waals surface area contributed by atoms with Gasteiger partial charge in [0, 0.05) is 74.0 Å². The van der Waals surface area contributed by atoms with Crippen LogP contribution in [0.3, 0.4) is 0 Å². The minimum Gasteiger partial charge on any atom is -0.497 e. The lowest BCUT2D eigenvalue weighted by Crippen LogP contribution is -2.31. The summed E-state index contributed by atoms with van der Waals surface area (Å²) in [4.78, 5) is 20.8. The summed E-state index contributed by atoms with van der Waals surface area (Å²) >= 11 is 0. The molecule has 4 aromatic rings. The molecular weight excluding hydrogens is 582 g/mol. The summed E-state index contributed by atoms with van der Waals surface area (Å²) < 4.78 is 12.2. The number of methoxy groups -OCH3 is 1. The molecule has 1 atom stereocenters. The molecular formula is C41H43N3O3. The van der Waals surface area contributed by atoms with Crippen molar-refractivity contribution in [3.05, 3.63) is 137 Å². The molecule has 240 valence electrons. The average molecular weight is 626 g/mol. The first kappa shape index (κ1) is 30.7. The van der Waals surface area contributed by atoms with Crippen molar-refractivity contribution >= 4 is 28.6 Å². The van der Waals surface area contributed by atoms with Crippen LogP contribution in [0.4, 0.5) is 17.1 Å². The Kier molecular flexibility index (Phi) is 8.27. The number of rotatable bonds is 9. The molecule has 0 saturated carbocycles.